The van der Waals surface area contributed by atoms with Crippen LogP contribution in [0.1, 0.15) is 12.6 Å². The highest BCUT2D eigenvalue weighted by Gasteiger charge is 2.37. The van der Waals surface area contributed by atoms with Crippen molar-refractivity contribution < 1.29 is 19.1 Å². The van der Waals surface area contributed by atoms with E-state index in [0.717, 1.165) is 21.4 Å². The molecule has 1 aliphatic rings. The summed E-state index contributed by atoms with van der Waals surface area (Å²) in [6.07, 6.45) is 3.36. The predicted octanol–water partition coefficient (Wildman–Crippen LogP) is 4.70. The van der Waals surface area contributed by atoms with Crippen molar-refractivity contribution in [2.24, 2.45) is 0 Å². The third-order valence-electron chi connectivity index (χ3n) is 5.59. The van der Waals surface area contributed by atoms with Crippen LogP contribution >= 0.6 is 0 Å². The Labute approximate surface area is 195 Å². The summed E-state index contributed by atoms with van der Waals surface area (Å²) in [5, 5.41) is 4.45. The Kier molecular flexibility index (Phi) is 5.43. The number of hydrogen-bond donors (Lipinski definition) is 1. The molecule has 1 N–H and O–H groups in total. The number of barbiturate groups is 1. The molecule has 2 heterocycles. The van der Waals surface area contributed by atoms with E-state index in [0.29, 0.717) is 23.7 Å². The first-order chi connectivity index (χ1) is 16.5. The number of nitrogens with zero attached hydrogens (tertiary/aromatic N) is 2. The second kappa shape index (κ2) is 8.71. The number of nitrogens with one attached hydrogen (secondary N) is 1. The summed E-state index contributed by atoms with van der Waals surface area (Å²) in [6.45, 7) is 2.37. The van der Waals surface area contributed by atoms with Gasteiger partial charge in [0.25, 0.3) is 11.8 Å². The summed E-state index contributed by atoms with van der Waals surface area (Å²) in [5.41, 5.74) is 1.73. The molecule has 5 rings (SSSR count). The quantitative estimate of drug-likeness (QED) is 0.352. The monoisotopic (exact) mass is 451 g/mol. The summed E-state index contributed by atoms with van der Waals surface area (Å²) in [4.78, 5) is 39.3. The molecule has 0 spiro atoms. The molecule has 1 saturated heterocycles. The van der Waals surface area contributed by atoms with Crippen molar-refractivity contribution in [3.63, 3.8) is 0 Å². The van der Waals surface area contributed by atoms with Crippen molar-refractivity contribution in [2.75, 3.05) is 11.5 Å². The first-order valence-electron chi connectivity index (χ1n) is 10.9. The van der Waals surface area contributed by atoms with E-state index < -0.39 is 17.8 Å². The average Bonchev–Trinajstić information content (AvgIpc) is 3.31. The lowest BCUT2D eigenvalue weighted by Crippen LogP contribution is -2.54. The van der Waals surface area contributed by atoms with Crippen LogP contribution in [0.5, 0.6) is 5.75 Å². The molecule has 1 aliphatic heterocycles. The number of anilines is 1. The second-order valence-corrected chi connectivity index (χ2v) is 7.72. The molecule has 4 aromatic rings. The fourth-order valence-electron chi connectivity index (χ4n) is 3.97. The number of fused-ring (bicyclic) bond motifs is 1. The van der Waals surface area contributed by atoms with Gasteiger partial charge in [0, 0.05) is 17.6 Å². The lowest BCUT2D eigenvalue weighted by atomic mass is 10.1. The lowest BCUT2D eigenvalue weighted by Gasteiger charge is -2.26. The molecule has 0 bridgehead atoms. The minimum atomic E-state index is -0.791. The Morgan fingerprint density at radius 3 is 2.35 bits per heavy atom. The van der Waals surface area contributed by atoms with Gasteiger partial charge in [-0.25, -0.2) is 9.69 Å². The summed E-state index contributed by atoms with van der Waals surface area (Å²) >= 11 is 0. The number of carbonyl (C=O) groups is 3. The van der Waals surface area contributed by atoms with Crippen molar-refractivity contribution in [3.8, 4) is 11.4 Å². The number of imide groups is 2. The molecule has 4 amide bonds. The SMILES string of the molecule is CCOc1ccc(N2C(=O)NC(=O)/C(=C\c3cccn3-c3ccc4ccccc4c3)C2=O)cc1. The fourth-order valence-corrected chi connectivity index (χ4v) is 3.97. The number of carbonyl (C=O) groups excluding carboxylic acids is 3. The number of ether oxygens (including phenoxy) is 1. The molecular weight excluding hydrogens is 430 g/mol. The van der Waals surface area contributed by atoms with Gasteiger partial charge in [0.05, 0.1) is 12.3 Å². The molecule has 7 heteroatoms. The minimum Gasteiger partial charge on any atom is -0.494 e. The van der Waals surface area contributed by atoms with Gasteiger partial charge >= 0.3 is 6.03 Å². The Morgan fingerprint density at radius 2 is 1.59 bits per heavy atom. The first kappa shape index (κ1) is 21.2. The van der Waals surface area contributed by atoms with E-state index in [4.69, 9.17) is 4.74 Å². The van der Waals surface area contributed by atoms with E-state index in [1.54, 1.807) is 30.3 Å². The normalized spacial score (nSPS) is 15.1. The summed E-state index contributed by atoms with van der Waals surface area (Å²) < 4.78 is 7.31. The van der Waals surface area contributed by atoms with E-state index in [1.807, 2.05) is 66.2 Å². The molecule has 0 unspecified atom stereocenters. The van der Waals surface area contributed by atoms with E-state index in [9.17, 15) is 14.4 Å². The van der Waals surface area contributed by atoms with E-state index >= 15 is 0 Å². The van der Waals surface area contributed by atoms with Gasteiger partial charge in [-0.1, -0.05) is 30.3 Å². The second-order valence-electron chi connectivity index (χ2n) is 7.72. The smallest absolute Gasteiger partial charge is 0.335 e. The van der Waals surface area contributed by atoms with Crippen molar-refractivity contribution in [3.05, 3.63) is 96.3 Å². The Hall–Kier alpha value is -4.65. The van der Waals surface area contributed by atoms with Crippen LogP contribution in [0.2, 0.25) is 0 Å². The fraction of sp³-hybridized carbons (Fsp3) is 0.0741. The molecule has 0 saturated carbocycles. The van der Waals surface area contributed by atoms with Gasteiger partial charge in [0.15, 0.2) is 0 Å². The highest BCUT2D eigenvalue weighted by atomic mass is 16.5. The Morgan fingerprint density at radius 1 is 0.853 bits per heavy atom. The molecule has 7 nitrogen and oxygen atoms in total. The summed E-state index contributed by atoms with van der Waals surface area (Å²) in [6, 6.07) is 23.5. The first-order valence-corrected chi connectivity index (χ1v) is 10.9. The van der Waals surface area contributed by atoms with E-state index in [-0.39, 0.29) is 5.57 Å². The maximum Gasteiger partial charge on any atom is 0.335 e. The topological polar surface area (TPSA) is 80.6 Å². The number of amides is 4. The number of benzene rings is 3. The maximum atomic E-state index is 13.2. The van der Waals surface area contributed by atoms with Gasteiger partial charge < -0.3 is 9.30 Å². The molecule has 168 valence electrons. The zero-order chi connectivity index (χ0) is 23.7. The van der Waals surface area contributed by atoms with E-state index in [2.05, 4.69) is 5.32 Å². The van der Waals surface area contributed by atoms with Gasteiger partial charge in [-0.3, -0.25) is 14.9 Å². The maximum absolute atomic E-state index is 13.2. The minimum absolute atomic E-state index is 0.130. The van der Waals surface area contributed by atoms with E-state index in [1.165, 1.54) is 6.08 Å². The predicted molar refractivity (Wildman–Crippen MR) is 130 cm³/mol. The third-order valence-corrected chi connectivity index (χ3v) is 5.59. The van der Waals surface area contributed by atoms with Crippen LogP contribution in [0.4, 0.5) is 10.5 Å². The summed E-state index contributed by atoms with van der Waals surface area (Å²) in [5.74, 6) is -0.802. The van der Waals surface area contributed by atoms with Crippen LogP contribution in [-0.4, -0.2) is 29.0 Å². The van der Waals surface area contributed by atoms with Crippen molar-refractivity contribution in [1.29, 1.82) is 0 Å². The molecular formula is C27H21N3O4. The largest absolute Gasteiger partial charge is 0.494 e. The molecule has 1 fully saturated rings. The average molecular weight is 451 g/mol. The van der Waals surface area contributed by atoms with Gasteiger partial charge in [-0.15, -0.1) is 0 Å². The van der Waals surface area contributed by atoms with Crippen molar-refractivity contribution >= 4 is 40.4 Å². The number of urea groups is 1. The number of aromatic nitrogens is 1. The molecule has 0 aliphatic carbocycles. The summed E-state index contributed by atoms with van der Waals surface area (Å²) in [7, 11) is 0. The number of hydrogen-bond acceptors (Lipinski definition) is 4. The molecule has 1 aromatic heterocycles. The van der Waals surface area contributed by atoms with Gasteiger partial charge in [-0.05, 0) is 72.3 Å². The molecule has 34 heavy (non-hydrogen) atoms. The zero-order valence-corrected chi connectivity index (χ0v) is 18.4. The van der Waals surface area contributed by atoms with Gasteiger partial charge in [-0.2, -0.15) is 0 Å². The van der Waals surface area contributed by atoms with Crippen LogP contribution in [-0.2, 0) is 9.59 Å². The highest BCUT2D eigenvalue weighted by Crippen LogP contribution is 2.26. The molecule has 0 radical (unpaired) electrons. The van der Waals surface area contributed by atoms with Crippen LogP contribution in [0.3, 0.4) is 0 Å². The third kappa shape index (κ3) is 3.84. The van der Waals surface area contributed by atoms with Crippen LogP contribution in [0, 0.1) is 0 Å². The Balaban J connectivity index is 1.51. The van der Waals surface area contributed by atoms with Crippen molar-refractivity contribution in [2.45, 2.75) is 6.92 Å². The lowest BCUT2D eigenvalue weighted by molar-refractivity contribution is -0.122. The van der Waals surface area contributed by atoms with Gasteiger partial charge in [0.2, 0.25) is 0 Å². The van der Waals surface area contributed by atoms with Crippen molar-refractivity contribution in [1.82, 2.24) is 9.88 Å². The van der Waals surface area contributed by atoms with Crippen LogP contribution in [0.25, 0.3) is 22.5 Å². The molecule has 0 atom stereocenters. The molecule has 3 aromatic carbocycles. The number of rotatable bonds is 5. The highest BCUT2D eigenvalue weighted by molar-refractivity contribution is 6.39. The van der Waals surface area contributed by atoms with Crippen LogP contribution < -0.4 is 15.0 Å². The van der Waals surface area contributed by atoms with Crippen LogP contribution in [0.15, 0.2) is 90.6 Å². The Bertz CT molecular complexity index is 1450. The zero-order valence-electron chi connectivity index (χ0n) is 18.4. The standard InChI is InChI=1S/C27H21N3O4/c1-2-34-23-13-11-20(12-14-23)30-26(32)24(25(31)28-27(30)33)17-21-8-5-15-29(21)22-10-9-18-6-3-4-7-19(18)16-22/h3-17H,2H2,1H3,(H,28,31,33)/b24-17+. The van der Waals surface area contributed by atoms with Gasteiger partial charge in [0.1, 0.15) is 11.3 Å².